The minimum atomic E-state index is -4.76. The average Bonchev–Trinajstić information content (AvgIpc) is 1.55. The van der Waals surface area contributed by atoms with Crippen LogP contribution in [0.2, 0.25) is 5.02 Å². The van der Waals surface area contributed by atoms with Gasteiger partial charge >= 0.3 is 6.18 Å². The Morgan fingerprint density at radius 3 is 1.85 bits per heavy atom. The third kappa shape index (κ3) is 19.3. The smallest absolute Gasteiger partial charge is 0.417 e. The highest BCUT2D eigenvalue weighted by Crippen LogP contribution is 2.36. The Kier molecular flexibility index (Phi) is 26.9. The van der Waals surface area contributed by atoms with Gasteiger partial charge in [0.1, 0.15) is 47.5 Å². The van der Waals surface area contributed by atoms with Gasteiger partial charge in [-0.2, -0.15) is 13.2 Å². The number of rotatable bonds is 11. The molecule has 1 spiro atoms. The highest BCUT2D eigenvalue weighted by Gasteiger charge is 2.49. The molecule has 11 amide bonds. The fraction of sp³-hybridized carbons (Fsp3) is 0.646. The number of amides is 11. The van der Waals surface area contributed by atoms with E-state index in [1.54, 1.807) is 52.0 Å². The summed E-state index contributed by atoms with van der Waals surface area (Å²) in [5, 5.41) is 10.9. The normalized spacial score (nSPS) is 24.7. The van der Waals surface area contributed by atoms with E-state index < -0.39 is 161 Å². The van der Waals surface area contributed by atoms with Gasteiger partial charge in [-0.1, -0.05) is 90.6 Å². The quantitative estimate of drug-likeness (QED) is 0.243. The van der Waals surface area contributed by atoms with Crippen molar-refractivity contribution < 1.29 is 70.6 Å². The number of ether oxygens (including phenoxy) is 1. The van der Waals surface area contributed by atoms with Crippen LogP contribution in [0, 0.1) is 17.8 Å². The molecule has 3 aliphatic rings. The molecule has 2 saturated heterocycles. The van der Waals surface area contributed by atoms with Gasteiger partial charge in [0, 0.05) is 67.7 Å². The molecule has 8 atom stereocenters. The van der Waals surface area contributed by atoms with Crippen LogP contribution in [-0.2, 0) is 71.8 Å². The van der Waals surface area contributed by atoms with E-state index in [4.69, 9.17) is 16.3 Å². The molecule has 0 radical (unpaired) electrons. The molecule has 1 unspecified atom stereocenters. The molecule has 2 aliphatic heterocycles. The number of methoxy groups -OCH3 is 1. The predicted molar refractivity (Wildman–Crippen MR) is 338 cm³/mol. The molecule has 2 aromatic carbocycles. The predicted octanol–water partition coefficient (Wildman–Crippen LogP) is 4.45. The standard InChI is InChI=1S/C65H95ClF3N11O12/c1-15-40(6)55-62(90)76(10)36-53(83)74(8)37-54(84)78(12)50(34-43-20-24-44(92-14)25-21-43)61(89)75(9)35-51(81)71-47(27-23-42-22-26-45(46(66)33-42)65(67,68)69)60(88)80-30-18-19-48(80)58(86)73-64(28-16-17-29-64)63(91)79(13)56(39(4)5)59(87)70-41(7)32-52(82)77(11)49(31-38(2)3)57(85)72-55/h20-22,24-26,33,38-41,47-50,55-56H,15-19,23,27-32,34-37H2,1-14H3,(H,70,87)(H,71,81)(H,72,85)(H,73,86)/t40-,41+,47-,48?,49-,50-,55-,56-/m0/s1. The number of likely N-dealkylation sites (N-methyl/N-ethyl adjacent to an activating group) is 6. The van der Waals surface area contributed by atoms with Crippen molar-refractivity contribution in [1.29, 1.82) is 0 Å². The molecule has 1 aliphatic carbocycles. The summed E-state index contributed by atoms with van der Waals surface area (Å²) in [4.78, 5) is 168. The fourth-order valence-electron chi connectivity index (χ4n) is 12.3. The first-order valence-electron chi connectivity index (χ1n) is 31.6. The van der Waals surface area contributed by atoms with Crippen LogP contribution in [0.25, 0.3) is 0 Å². The number of fused-ring (bicyclic) bond motifs is 1. The topological polar surface area (TPSA) is 268 Å². The van der Waals surface area contributed by atoms with Gasteiger partial charge in [-0.25, -0.2) is 0 Å². The van der Waals surface area contributed by atoms with E-state index in [1.165, 1.54) is 70.2 Å². The Morgan fingerprint density at radius 2 is 1.27 bits per heavy atom. The van der Waals surface area contributed by atoms with Gasteiger partial charge in [-0.05, 0) is 105 Å². The van der Waals surface area contributed by atoms with Crippen LogP contribution < -0.4 is 26.0 Å². The molecule has 2 aromatic rings. The van der Waals surface area contributed by atoms with E-state index in [2.05, 4.69) is 21.3 Å². The van der Waals surface area contributed by atoms with Crippen LogP contribution in [0.3, 0.4) is 0 Å². The molecule has 92 heavy (non-hydrogen) atoms. The Morgan fingerprint density at radius 1 is 0.674 bits per heavy atom. The number of carbonyl (C=O) groups excluding carboxylic acids is 11. The van der Waals surface area contributed by atoms with Gasteiger partial charge in [0.05, 0.1) is 37.3 Å². The summed E-state index contributed by atoms with van der Waals surface area (Å²) in [7, 11) is 9.79. The van der Waals surface area contributed by atoms with Gasteiger partial charge in [0.25, 0.3) is 0 Å². The van der Waals surface area contributed by atoms with Crippen molar-refractivity contribution in [2.24, 2.45) is 17.8 Å². The van der Waals surface area contributed by atoms with E-state index in [1.807, 2.05) is 20.8 Å². The fourth-order valence-corrected chi connectivity index (χ4v) is 12.6. The first-order valence-corrected chi connectivity index (χ1v) is 32.0. The van der Waals surface area contributed by atoms with E-state index >= 15 is 4.79 Å². The van der Waals surface area contributed by atoms with Crippen LogP contribution in [0.4, 0.5) is 13.2 Å². The van der Waals surface area contributed by atoms with Crippen molar-refractivity contribution in [3.8, 4) is 5.75 Å². The van der Waals surface area contributed by atoms with Crippen LogP contribution >= 0.6 is 11.6 Å². The SMILES string of the molecule is CC[C@H](C)[C@@H]1NC(=O)[C@H](CC(C)C)N(C)C(=O)C[C@@H](C)NC(=O)[C@H](C(C)C)N(C)C(=O)C2(CCCC2)NC(=O)C2CCCN2C(=O)[C@H](CCc2ccc(C(F)(F)F)c(Cl)c2)NC(=O)CN(C)C(=O)[C@H](Cc2ccc(OC)cc2)N(C)C(=O)CN(C)C(=O)CN(C)C1=O. The van der Waals surface area contributed by atoms with Crippen LogP contribution in [0.1, 0.15) is 129 Å². The number of benzene rings is 2. The molecule has 0 bridgehead atoms. The maximum atomic E-state index is 15.0. The lowest BCUT2D eigenvalue weighted by molar-refractivity contribution is -0.149. The van der Waals surface area contributed by atoms with E-state index in [0.717, 1.165) is 31.7 Å². The first-order chi connectivity index (χ1) is 43.0. The van der Waals surface area contributed by atoms with Gasteiger partial charge in [0.15, 0.2) is 0 Å². The van der Waals surface area contributed by atoms with Crippen molar-refractivity contribution in [1.82, 2.24) is 55.6 Å². The summed E-state index contributed by atoms with van der Waals surface area (Å²) >= 11 is 6.11. The molecule has 23 nitrogen and oxygen atoms in total. The van der Waals surface area contributed by atoms with Crippen molar-refractivity contribution in [3.05, 3.63) is 64.2 Å². The summed E-state index contributed by atoms with van der Waals surface area (Å²) < 4.78 is 46.6. The second-order valence-corrected chi connectivity index (χ2v) is 26.3. The Hall–Kier alpha value is -7.51. The monoisotopic (exact) mass is 1310 g/mol. The first kappa shape index (κ1) is 75.2. The molecular weight excluding hydrogens is 1220 g/mol. The zero-order valence-electron chi connectivity index (χ0n) is 55.7. The summed E-state index contributed by atoms with van der Waals surface area (Å²) in [5.74, 6) is -7.82. The van der Waals surface area contributed by atoms with Crippen molar-refractivity contribution >= 4 is 76.6 Å². The largest absolute Gasteiger partial charge is 0.497 e. The highest BCUT2D eigenvalue weighted by atomic mass is 35.5. The Bertz CT molecular complexity index is 3000. The second kappa shape index (κ2) is 32.9. The zero-order chi connectivity index (χ0) is 68.9. The maximum Gasteiger partial charge on any atom is 0.417 e. The van der Waals surface area contributed by atoms with Crippen molar-refractivity contribution in [2.45, 2.75) is 180 Å². The summed E-state index contributed by atoms with van der Waals surface area (Å²) in [6, 6.07) is 1.71. The highest BCUT2D eigenvalue weighted by molar-refractivity contribution is 6.31. The zero-order valence-corrected chi connectivity index (χ0v) is 56.4. The van der Waals surface area contributed by atoms with Gasteiger partial charge in [-0.3, -0.25) is 52.7 Å². The lowest BCUT2D eigenvalue weighted by atomic mass is 9.92. The minimum absolute atomic E-state index is 0.0357. The number of alkyl halides is 3. The molecule has 5 rings (SSSR count). The van der Waals surface area contributed by atoms with E-state index in [-0.39, 0.29) is 69.4 Å². The van der Waals surface area contributed by atoms with Crippen LogP contribution in [0.5, 0.6) is 5.75 Å². The molecule has 510 valence electrons. The number of hydrogen-bond donors (Lipinski definition) is 4. The number of aryl methyl sites for hydroxylation is 1. The third-order valence-corrected chi connectivity index (χ3v) is 18.3. The molecular formula is C65H95ClF3N11O12. The number of hydrogen-bond acceptors (Lipinski definition) is 12. The van der Waals surface area contributed by atoms with Gasteiger partial charge in [-0.15, -0.1) is 0 Å². The van der Waals surface area contributed by atoms with Crippen LogP contribution in [-0.4, -0.2) is 223 Å². The average molecular weight is 1310 g/mol. The Balaban J connectivity index is 1.56. The molecule has 4 N–H and O–H groups in total. The second-order valence-electron chi connectivity index (χ2n) is 25.9. The summed E-state index contributed by atoms with van der Waals surface area (Å²) in [6.45, 7) is 10.7. The number of nitrogens with one attached hydrogen (secondary N) is 4. The lowest BCUT2D eigenvalue weighted by Crippen LogP contribution is -2.64. The summed E-state index contributed by atoms with van der Waals surface area (Å²) in [6.07, 6.45) is -2.87. The van der Waals surface area contributed by atoms with Crippen molar-refractivity contribution in [2.75, 3.05) is 75.6 Å². The van der Waals surface area contributed by atoms with Crippen molar-refractivity contribution in [3.63, 3.8) is 0 Å². The molecule has 2 heterocycles. The molecule has 0 aromatic heterocycles. The van der Waals surface area contributed by atoms with Gasteiger partial charge in [0.2, 0.25) is 65.0 Å². The summed E-state index contributed by atoms with van der Waals surface area (Å²) in [5.41, 5.74) is -1.73. The van der Waals surface area contributed by atoms with Crippen LogP contribution in [0.15, 0.2) is 42.5 Å². The number of carbonyl (C=O) groups is 11. The molecule has 3 fully saturated rings. The lowest BCUT2D eigenvalue weighted by Gasteiger charge is -2.39. The minimum Gasteiger partial charge on any atom is -0.497 e. The third-order valence-electron chi connectivity index (χ3n) is 17.9. The van der Waals surface area contributed by atoms with E-state index in [9.17, 15) is 61.1 Å². The van der Waals surface area contributed by atoms with Gasteiger partial charge < -0.3 is 60.3 Å². The molecule has 27 heteroatoms. The Labute approximate surface area is 543 Å². The number of halogens is 4. The number of nitrogens with zero attached hydrogens (tertiary/aromatic N) is 7. The maximum absolute atomic E-state index is 15.0. The van der Waals surface area contributed by atoms with E-state index in [0.29, 0.717) is 37.0 Å². The molecule has 1 saturated carbocycles.